The Morgan fingerprint density at radius 2 is 0.750 bits per heavy atom. The van der Waals surface area contributed by atoms with E-state index in [1.54, 1.807) is 0 Å². The van der Waals surface area contributed by atoms with Gasteiger partial charge in [-0.15, -0.1) is 0 Å². The van der Waals surface area contributed by atoms with Crippen molar-refractivity contribution in [3.8, 4) is 0 Å². The molecular formula is IrO2Ta-4. The molecule has 4 heteroatoms. The molecular weight excluding hydrogens is 405 g/mol. The van der Waals surface area contributed by atoms with Crippen LogP contribution in [-0.4, -0.2) is 0 Å². The standard InChI is InChI=1S/Ir.2O.Ta/q;2*-2;. The molecule has 0 amide bonds. The molecule has 4 heavy (non-hydrogen) atoms. The second kappa shape index (κ2) is 27.5. The zero-order valence-electron chi connectivity index (χ0n) is 1.60. The number of rotatable bonds is 0. The van der Waals surface area contributed by atoms with Crippen molar-refractivity contribution >= 4 is 0 Å². The van der Waals surface area contributed by atoms with Gasteiger partial charge >= 0.3 is 0 Å². The fourth-order valence-corrected chi connectivity index (χ4v) is 0. The van der Waals surface area contributed by atoms with E-state index in [0.29, 0.717) is 0 Å². The molecule has 0 saturated carbocycles. The minimum absolute atomic E-state index is 0. The molecule has 0 aliphatic carbocycles. The van der Waals surface area contributed by atoms with E-state index in [1.807, 2.05) is 0 Å². The molecule has 0 aliphatic rings. The summed E-state index contributed by atoms with van der Waals surface area (Å²) in [7, 11) is 0. The van der Waals surface area contributed by atoms with E-state index in [-0.39, 0.29) is 53.4 Å². The molecule has 0 fully saturated rings. The van der Waals surface area contributed by atoms with Crippen LogP contribution in [0.3, 0.4) is 0 Å². The molecule has 0 rings (SSSR count). The van der Waals surface area contributed by atoms with Crippen molar-refractivity contribution in [3.63, 3.8) is 0 Å². The van der Waals surface area contributed by atoms with Crippen LogP contribution in [-0.2, 0) is 53.4 Å². The zero-order chi connectivity index (χ0) is 0. The summed E-state index contributed by atoms with van der Waals surface area (Å²) in [4.78, 5) is 0. The predicted octanol–water partition coefficient (Wildman–Crippen LogP) is -0.243. The summed E-state index contributed by atoms with van der Waals surface area (Å²) in [6.07, 6.45) is 0. The first kappa shape index (κ1) is 57.5. The van der Waals surface area contributed by atoms with Gasteiger partial charge in [0.25, 0.3) is 0 Å². The second-order valence-electron chi connectivity index (χ2n) is 0. The van der Waals surface area contributed by atoms with Crippen LogP contribution in [0.4, 0.5) is 0 Å². The van der Waals surface area contributed by atoms with E-state index in [9.17, 15) is 0 Å². The van der Waals surface area contributed by atoms with Gasteiger partial charge in [0.2, 0.25) is 0 Å². The molecule has 0 aliphatic heterocycles. The third kappa shape index (κ3) is 10.3. The minimum atomic E-state index is 0. The summed E-state index contributed by atoms with van der Waals surface area (Å²) in [6, 6.07) is 0. The molecule has 0 unspecified atom stereocenters. The van der Waals surface area contributed by atoms with Crippen LogP contribution in [0.5, 0.6) is 0 Å². The smallest absolute Gasteiger partial charge is 0 e. The Balaban J connectivity index is 0. The quantitative estimate of drug-likeness (QED) is 0.535. The summed E-state index contributed by atoms with van der Waals surface area (Å²) in [6.45, 7) is 0. The molecule has 0 atom stereocenters. The van der Waals surface area contributed by atoms with Crippen molar-refractivity contribution in [1.82, 2.24) is 0 Å². The normalized spacial score (nSPS) is 0. The Labute approximate surface area is 53.4 Å². The molecule has 30 valence electrons. The third-order valence-corrected chi connectivity index (χ3v) is 0. The van der Waals surface area contributed by atoms with Gasteiger partial charge in [0.15, 0.2) is 0 Å². The van der Waals surface area contributed by atoms with Gasteiger partial charge in [-0.25, -0.2) is 0 Å². The van der Waals surface area contributed by atoms with Crippen molar-refractivity contribution in [2.45, 2.75) is 0 Å². The van der Waals surface area contributed by atoms with E-state index in [0.717, 1.165) is 0 Å². The predicted molar refractivity (Wildman–Crippen MR) is 1.37 cm³/mol. The molecule has 0 heterocycles. The Hall–Kier alpha value is 1.31. The van der Waals surface area contributed by atoms with E-state index in [1.165, 1.54) is 0 Å². The maximum Gasteiger partial charge on any atom is 0 e. The molecule has 0 spiro atoms. The monoisotopic (exact) mass is 406 g/mol. The third-order valence-electron chi connectivity index (χ3n) is 0. The van der Waals surface area contributed by atoms with Gasteiger partial charge in [0, 0.05) is 42.5 Å². The average molecular weight is 405 g/mol. The van der Waals surface area contributed by atoms with Crippen LogP contribution < -0.4 is 0 Å². The van der Waals surface area contributed by atoms with Crippen molar-refractivity contribution in [1.29, 1.82) is 0 Å². The molecule has 2 nitrogen and oxygen atoms in total. The van der Waals surface area contributed by atoms with Crippen molar-refractivity contribution in [2.24, 2.45) is 0 Å². The van der Waals surface area contributed by atoms with Crippen molar-refractivity contribution < 1.29 is 53.4 Å². The first-order chi connectivity index (χ1) is 0. The van der Waals surface area contributed by atoms with Gasteiger partial charge in [-0.3, -0.25) is 0 Å². The van der Waals surface area contributed by atoms with Crippen LogP contribution in [0.2, 0.25) is 0 Å². The molecule has 0 aromatic carbocycles. The molecule has 0 saturated heterocycles. The fourth-order valence-electron chi connectivity index (χ4n) is 0. The molecule has 2 radical (unpaired) electrons. The first-order valence-corrected chi connectivity index (χ1v) is 0. The summed E-state index contributed by atoms with van der Waals surface area (Å²) in [5.41, 5.74) is 0. The van der Waals surface area contributed by atoms with Gasteiger partial charge in [-0.2, -0.15) is 0 Å². The van der Waals surface area contributed by atoms with E-state index in [4.69, 9.17) is 0 Å². The minimum Gasteiger partial charge on any atom is -2.00 e. The molecule has 0 aromatic heterocycles. The largest absolute Gasteiger partial charge is 2.00 e. The second-order valence-corrected chi connectivity index (χ2v) is 0. The van der Waals surface area contributed by atoms with Gasteiger partial charge in [0.05, 0.1) is 0 Å². The molecule has 0 aromatic rings. The average Bonchev–Trinajstić information content (AvgIpc) is 0. The summed E-state index contributed by atoms with van der Waals surface area (Å²) in [5.74, 6) is 0. The maximum absolute atomic E-state index is 0. The zero-order valence-corrected chi connectivity index (χ0v) is 7.21. The Morgan fingerprint density at radius 3 is 0.750 bits per heavy atom. The van der Waals surface area contributed by atoms with E-state index >= 15 is 0 Å². The summed E-state index contributed by atoms with van der Waals surface area (Å²) >= 11 is 0. The SMILES string of the molecule is [Ir].[O-2].[O-2].[Ta]. The topological polar surface area (TPSA) is 57.0 Å². The molecule has 0 bridgehead atoms. The van der Waals surface area contributed by atoms with Gasteiger partial charge < -0.3 is 11.0 Å². The van der Waals surface area contributed by atoms with Crippen LogP contribution >= 0.6 is 0 Å². The van der Waals surface area contributed by atoms with Crippen LogP contribution in [0.25, 0.3) is 0 Å². The van der Waals surface area contributed by atoms with Crippen molar-refractivity contribution in [3.05, 3.63) is 0 Å². The molecule has 0 N–H and O–H groups in total. The van der Waals surface area contributed by atoms with Crippen molar-refractivity contribution in [2.75, 3.05) is 0 Å². The van der Waals surface area contributed by atoms with Gasteiger partial charge in [0.1, 0.15) is 0 Å². The van der Waals surface area contributed by atoms with E-state index < -0.39 is 0 Å². The Kier molecular flexibility index (Phi) is 396. The Bertz CT molecular complexity index is 6.00. The summed E-state index contributed by atoms with van der Waals surface area (Å²) in [5, 5.41) is 0. The number of hydrogen-bond acceptors (Lipinski definition) is 0. The first-order valence-electron chi connectivity index (χ1n) is 0. The maximum atomic E-state index is 0. The van der Waals surface area contributed by atoms with E-state index in [2.05, 4.69) is 0 Å². The van der Waals surface area contributed by atoms with Crippen LogP contribution in [0, 0.1) is 0 Å². The van der Waals surface area contributed by atoms with Crippen LogP contribution in [0.15, 0.2) is 0 Å². The summed E-state index contributed by atoms with van der Waals surface area (Å²) < 4.78 is 0. The van der Waals surface area contributed by atoms with Gasteiger partial charge in [-0.05, 0) is 0 Å². The van der Waals surface area contributed by atoms with Crippen LogP contribution in [0.1, 0.15) is 0 Å². The fraction of sp³-hybridized carbons (Fsp3) is 0. The Morgan fingerprint density at radius 1 is 0.750 bits per heavy atom. The van der Waals surface area contributed by atoms with Gasteiger partial charge in [-0.1, -0.05) is 0 Å². The number of hydrogen-bond donors (Lipinski definition) is 0.